The Labute approximate surface area is 102 Å². The van der Waals surface area contributed by atoms with Gasteiger partial charge in [-0.05, 0) is 29.7 Å². The van der Waals surface area contributed by atoms with Gasteiger partial charge in [0.2, 0.25) is 0 Å². The Hall–Kier alpha value is -1.89. The number of rotatable bonds is 3. The minimum absolute atomic E-state index is 0.0610. The van der Waals surface area contributed by atoms with Crippen molar-refractivity contribution in [3.63, 3.8) is 0 Å². The fourth-order valence-electron chi connectivity index (χ4n) is 1.72. The first-order valence-corrected chi connectivity index (χ1v) is 5.74. The predicted octanol–water partition coefficient (Wildman–Crippen LogP) is 3.64. The Bertz CT molecular complexity index is 460. The smallest absolute Gasteiger partial charge is 0.178 e. The third-order valence-electron chi connectivity index (χ3n) is 2.79. The summed E-state index contributed by atoms with van der Waals surface area (Å²) >= 11 is 0. The average molecular weight is 223 g/mol. The summed E-state index contributed by atoms with van der Waals surface area (Å²) in [7, 11) is 0. The Kier molecular flexibility index (Phi) is 3.71. The van der Waals surface area contributed by atoms with Crippen LogP contribution < -0.4 is 0 Å². The van der Waals surface area contributed by atoms with Crippen LogP contribution in [0.1, 0.15) is 18.9 Å². The summed E-state index contributed by atoms with van der Waals surface area (Å²) in [5, 5.41) is 0. The maximum absolute atomic E-state index is 11.0. The molecule has 1 aliphatic rings. The molecule has 0 spiro atoms. The molecule has 0 aromatic heterocycles. The molecule has 0 fully saturated rings. The van der Waals surface area contributed by atoms with Crippen molar-refractivity contribution in [1.29, 1.82) is 0 Å². The monoisotopic (exact) mass is 223 g/mol. The van der Waals surface area contributed by atoms with Crippen LogP contribution in [0.4, 0.5) is 0 Å². The number of carbonyl (C=O) groups excluding carboxylic acids is 1. The first kappa shape index (κ1) is 11.6. The van der Waals surface area contributed by atoms with E-state index in [0.717, 1.165) is 12.0 Å². The molecule has 1 radical (unpaired) electrons. The van der Waals surface area contributed by atoms with Gasteiger partial charge >= 0.3 is 0 Å². The van der Waals surface area contributed by atoms with Gasteiger partial charge in [-0.15, -0.1) is 0 Å². The number of hydrogen-bond acceptors (Lipinski definition) is 1. The quantitative estimate of drug-likeness (QED) is 0.764. The zero-order valence-corrected chi connectivity index (χ0v) is 9.89. The molecule has 0 N–H and O–H groups in total. The molecule has 85 valence electrons. The van der Waals surface area contributed by atoms with E-state index in [9.17, 15) is 4.79 Å². The Balaban J connectivity index is 1.99. The lowest BCUT2D eigenvalue weighted by atomic mass is 9.96. The second kappa shape index (κ2) is 5.44. The normalized spacial score (nSPS) is 14.5. The second-order valence-corrected chi connectivity index (χ2v) is 4.12. The van der Waals surface area contributed by atoms with E-state index in [1.807, 2.05) is 30.4 Å². The van der Waals surface area contributed by atoms with E-state index in [2.05, 4.69) is 25.1 Å². The van der Waals surface area contributed by atoms with Crippen LogP contribution in [0, 0.1) is 5.92 Å². The summed E-state index contributed by atoms with van der Waals surface area (Å²) in [4.78, 5) is 11.0. The first-order chi connectivity index (χ1) is 8.25. The third kappa shape index (κ3) is 3.28. The van der Waals surface area contributed by atoms with E-state index in [4.69, 9.17) is 0 Å². The number of hydrogen-bond donors (Lipinski definition) is 0. The van der Waals surface area contributed by atoms with Crippen LogP contribution in [0.5, 0.6) is 0 Å². The summed E-state index contributed by atoms with van der Waals surface area (Å²) in [5.41, 5.74) is 2.36. The van der Waals surface area contributed by atoms with Gasteiger partial charge in [-0.25, -0.2) is 0 Å². The molecule has 1 heteroatoms. The van der Waals surface area contributed by atoms with E-state index in [1.54, 1.807) is 12.2 Å². The minimum atomic E-state index is 0.0610. The van der Waals surface area contributed by atoms with E-state index in [0.29, 0.717) is 0 Å². The first-order valence-electron chi connectivity index (χ1n) is 5.74. The molecule has 0 atom stereocenters. The molecular weight excluding hydrogens is 208 g/mol. The highest BCUT2D eigenvalue weighted by Crippen LogP contribution is 2.19. The average Bonchev–Trinajstić information content (AvgIpc) is 2.39. The molecule has 0 saturated carbocycles. The lowest BCUT2D eigenvalue weighted by molar-refractivity contribution is -0.110. The van der Waals surface area contributed by atoms with Crippen molar-refractivity contribution < 1.29 is 4.79 Å². The number of benzene rings is 1. The van der Waals surface area contributed by atoms with Crippen molar-refractivity contribution in [2.24, 2.45) is 0 Å². The van der Waals surface area contributed by atoms with Crippen LogP contribution in [0.2, 0.25) is 0 Å². The highest BCUT2D eigenvalue weighted by molar-refractivity contribution is 6.01. The lowest BCUT2D eigenvalue weighted by Gasteiger charge is -2.08. The second-order valence-electron chi connectivity index (χ2n) is 4.12. The standard InChI is InChI=1S/C16H15O/c1-13(15-5-3-2-4-6-15)7-8-14-9-11-16(17)12-10-14/h2-6,8-12H,7H2,1H3. The molecule has 1 aromatic rings. The van der Waals surface area contributed by atoms with E-state index in [-0.39, 0.29) is 5.78 Å². The summed E-state index contributed by atoms with van der Waals surface area (Å²) in [6, 6.07) is 10.3. The fourth-order valence-corrected chi connectivity index (χ4v) is 1.72. The lowest BCUT2D eigenvalue weighted by Crippen LogP contribution is -1.94. The van der Waals surface area contributed by atoms with E-state index in [1.165, 1.54) is 11.5 Å². The van der Waals surface area contributed by atoms with Gasteiger partial charge in [0.1, 0.15) is 0 Å². The zero-order chi connectivity index (χ0) is 12.1. The summed E-state index contributed by atoms with van der Waals surface area (Å²) < 4.78 is 0. The van der Waals surface area contributed by atoms with Gasteiger partial charge in [-0.2, -0.15) is 0 Å². The Morgan fingerprint density at radius 2 is 1.71 bits per heavy atom. The highest BCUT2D eigenvalue weighted by Gasteiger charge is 2.04. The molecule has 1 aliphatic carbocycles. The SMILES string of the molecule is C[C](CC=C1C=CC(=O)C=C1)c1ccccc1. The maximum Gasteiger partial charge on any atom is 0.178 e. The van der Waals surface area contributed by atoms with Crippen molar-refractivity contribution in [2.75, 3.05) is 0 Å². The highest BCUT2D eigenvalue weighted by atomic mass is 16.1. The number of allylic oxidation sites excluding steroid dienone is 6. The molecule has 0 heterocycles. The van der Waals surface area contributed by atoms with Crippen molar-refractivity contribution in [1.82, 2.24) is 0 Å². The van der Waals surface area contributed by atoms with Crippen molar-refractivity contribution in [2.45, 2.75) is 13.3 Å². The summed E-state index contributed by atoms with van der Waals surface area (Å²) in [6.07, 6.45) is 9.97. The van der Waals surface area contributed by atoms with Gasteiger partial charge in [0.25, 0.3) is 0 Å². The molecule has 0 amide bonds. The Morgan fingerprint density at radius 1 is 1.06 bits per heavy atom. The molecule has 0 aliphatic heterocycles. The number of carbonyl (C=O) groups is 1. The maximum atomic E-state index is 11.0. The molecule has 0 bridgehead atoms. The van der Waals surface area contributed by atoms with Crippen molar-refractivity contribution >= 4 is 5.78 Å². The molecule has 17 heavy (non-hydrogen) atoms. The van der Waals surface area contributed by atoms with Crippen LogP contribution in [-0.4, -0.2) is 5.78 Å². The molecule has 2 rings (SSSR count). The van der Waals surface area contributed by atoms with Crippen LogP contribution in [0.15, 0.2) is 66.3 Å². The fraction of sp³-hybridized carbons (Fsp3) is 0.125. The van der Waals surface area contributed by atoms with Gasteiger partial charge in [-0.3, -0.25) is 4.79 Å². The van der Waals surface area contributed by atoms with Gasteiger partial charge in [0, 0.05) is 5.92 Å². The van der Waals surface area contributed by atoms with Crippen molar-refractivity contribution in [3.8, 4) is 0 Å². The Morgan fingerprint density at radius 3 is 2.35 bits per heavy atom. The molecule has 1 nitrogen and oxygen atoms in total. The van der Waals surface area contributed by atoms with Crippen LogP contribution in [0.25, 0.3) is 0 Å². The minimum Gasteiger partial charge on any atom is -0.290 e. The van der Waals surface area contributed by atoms with Gasteiger partial charge in [0.15, 0.2) is 5.78 Å². The summed E-state index contributed by atoms with van der Waals surface area (Å²) in [5.74, 6) is 1.39. The van der Waals surface area contributed by atoms with Gasteiger partial charge in [0.05, 0.1) is 0 Å². The van der Waals surface area contributed by atoms with Crippen molar-refractivity contribution in [3.05, 3.63) is 77.8 Å². The molecule has 0 saturated heterocycles. The van der Waals surface area contributed by atoms with E-state index < -0.39 is 0 Å². The third-order valence-corrected chi connectivity index (χ3v) is 2.79. The van der Waals surface area contributed by atoms with Crippen LogP contribution in [0.3, 0.4) is 0 Å². The molecule has 1 aromatic carbocycles. The predicted molar refractivity (Wildman–Crippen MR) is 70.4 cm³/mol. The van der Waals surface area contributed by atoms with Crippen LogP contribution in [-0.2, 0) is 4.79 Å². The molecule has 0 unspecified atom stereocenters. The number of ketones is 1. The van der Waals surface area contributed by atoms with Gasteiger partial charge in [-0.1, -0.05) is 55.5 Å². The zero-order valence-electron chi connectivity index (χ0n) is 9.89. The molecular formula is C16H15O. The largest absolute Gasteiger partial charge is 0.290 e. The van der Waals surface area contributed by atoms with E-state index >= 15 is 0 Å². The van der Waals surface area contributed by atoms with Gasteiger partial charge < -0.3 is 0 Å². The topological polar surface area (TPSA) is 17.1 Å². The summed E-state index contributed by atoms with van der Waals surface area (Å²) in [6.45, 7) is 2.13. The van der Waals surface area contributed by atoms with Crippen LogP contribution >= 0.6 is 0 Å².